The molecule has 5 heteroatoms. The third kappa shape index (κ3) is 5.17. The fourth-order valence-corrected chi connectivity index (χ4v) is 2.60. The van der Waals surface area contributed by atoms with E-state index in [1.54, 1.807) is 17.6 Å². The van der Waals surface area contributed by atoms with Crippen molar-refractivity contribution in [3.63, 3.8) is 0 Å². The van der Waals surface area contributed by atoms with Gasteiger partial charge in [0.1, 0.15) is 0 Å². The molecule has 0 fully saturated rings. The lowest BCUT2D eigenvalue weighted by atomic mass is 9.79. The minimum absolute atomic E-state index is 0.0738. The molecule has 0 atom stereocenters. The van der Waals surface area contributed by atoms with Crippen LogP contribution in [0.25, 0.3) is 0 Å². The molecule has 3 N–H and O–H groups in total. The first-order valence-corrected chi connectivity index (χ1v) is 8.94. The van der Waals surface area contributed by atoms with Gasteiger partial charge in [-0.1, -0.05) is 47.6 Å². The molecule has 0 aliphatic rings. The van der Waals surface area contributed by atoms with Crippen LogP contribution >= 0.6 is 0 Å². The number of rotatable bonds is 3. The summed E-state index contributed by atoms with van der Waals surface area (Å²) in [7, 11) is 0. The van der Waals surface area contributed by atoms with Crippen molar-refractivity contribution in [2.45, 2.75) is 52.4 Å². The highest BCUT2D eigenvalue weighted by Crippen LogP contribution is 2.30. The molecule has 2 aromatic rings. The van der Waals surface area contributed by atoms with Crippen molar-refractivity contribution in [2.24, 2.45) is 0 Å². The number of carbonyl (C=O) groups excluding carboxylic acids is 2. The van der Waals surface area contributed by atoms with Crippen LogP contribution in [0.1, 0.15) is 73.4 Å². The Kier molecular flexibility index (Phi) is 5.76. The molecule has 0 aliphatic heterocycles. The van der Waals surface area contributed by atoms with E-state index in [1.807, 2.05) is 12.1 Å². The summed E-state index contributed by atoms with van der Waals surface area (Å²) in [6.45, 7) is 12.8. The third-order valence-electron chi connectivity index (χ3n) is 4.43. The number of amides is 2. The average Bonchev–Trinajstić information content (AvgIpc) is 2.59. The fourth-order valence-electron chi connectivity index (χ4n) is 2.60. The Bertz CT molecular complexity index is 809. The maximum absolute atomic E-state index is 12.8. The Morgan fingerprint density at radius 3 is 1.63 bits per heavy atom. The Hall–Kier alpha value is -2.66. The smallest absolute Gasteiger partial charge is 0.274 e. The summed E-state index contributed by atoms with van der Waals surface area (Å²) >= 11 is 0. The third-order valence-corrected chi connectivity index (χ3v) is 4.43. The summed E-state index contributed by atoms with van der Waals surface area (Å²) in [4.78, 5) is 24.2. The molecule has 0 saturated carbocycles. The van der Waals surface area contributed by atoms with Crippen molar-refractivity contribution in [1.82, 2.24) is 5.48 Å². The highest BCUT2D eigenvalue weighted by atomic mass is 16.5. The van der Waals surface area contributed by atoms with E-state index < -0.39 is 5.91 Å². The minimum Gasteiger partial charge on any atom is -0.322 e. The molecule has 2 aromatic carbocycles. The molecule has 0 unspecified atom stereocenters. The van der Waals surface area contributed by atoms with Crippen LogP contribution in [0.4, 0.5) is 5.69 Å². The zero-order valence-corrected chi connectivity index (χ0v) is 16.8. The van der Waals surface area contributed by atoms with Crippen LogP contribution < -0.4 is 10.8 Å². The summed E-state index contributed by atoms with van der Waals surface area (Å²) < 4.78 is 0. The van der Waals surface area contributed by atoms with Gasteiger partial charge in [0.2, 0.25) is 0 Å². The molecule has 2 amide bonds. The van der Waals surface area contributed by atoms with E-state index >= 15 is 0 Å². The van der Waals surface area contributed by atoms with Crippen molar-refractivity contribution in [3.8, 4) is 0 Å². The number of hydrogen-bond donors (Lipinski definition) is 3. The van der Waals surface area contributed by atoms with Gasteiger partial charge in [0.25, 0.3) is 11.8 Å². The highest BCUT2D eigenvalue weighted by molar-refractivity contribution is 6.05. The van der Waals surface area contributed by atoms with E-state index in [-0.39, 0.29) is 16.7 Å². The van der Waals surface area contributed by atoms with E-state index in [4.69, 9.17) is 5.21 Å². The quantitative estimate of drug-likeness (QED) is 0.545. The average molecular weight is 368 g/mol. The summed E-state index contributed by atoms with van der Waals surface area (Å²) in [6, 6.07) is 12.3. The van der Waals surface area contributed by atoms with E-state index in [9.17, 15) is 9.59 Å². The van der Waals surface area contributed by atoms with Crippen LogP contribution in [0.3, 0.4) is 0 Å². The SMILES string of the molecule is CC(C)(C)c1cc(C(=O)Nc2ccc(C(=O)NO)cc2)cc(C(C)(C)C)c1. The predicted molar refractivity (Wildman–Crippen MR) is 107 cm³/mol. The van der Waals surface area contributed by atoms with Gasteiger partial charge in [-0.3, -0.25) is 14.8 Å². The fraction of sp³-hybridized carbons (Fsp3) is 0.364. The summed E-state index contributed by atoms with van der Waals surface area (Å²) in [5.74, 6) is -0.800. The van der Waals surface area contributed by atoms with Crippen LogP contribution in [0.2, 0.25) is 0 Å². The van der Waals surface area contributed by atoms with Crippen molar-refractivity contribution in [3.05, 3.63) is 64.7 Å². The Morgan fingerprint density at radius 2 is 1.22 bits per heavy atom. The lowest BCUT2D eigenvalue weighted by Crippen LogP contribution is -2.20. The van der Waals surface area contributed by atoms with Gasteiger partial charge in [0.15, 0.2) is 0 Å². The first kappa shape index (κ1) is 20.6. The van der Waals surface area contributed by atoms with E-state index in [0.717, 1.165) is 11.1 Å². The molecule has 0 spiro atoms. The standard InChI is InChI=1S/C22H28N2O3/c1-21(2,3)16-11-15(12-17(13-16)22(4,5)6)19(25)23-18-9-7-14(8-10-18)20(26)24-27/h7-13,27H,1-6H3,(H,23,25)(H,24,26). The molecule has 144 valence electrons. The Morgan fingerprint density at radius 1 is 0.741 bits per heavy atom. The second kappa shape index (κ2) is 7.53. The minimum atomic E-state index is -0.597. The second-order valence-electron chi connectivity index (χ2n) is 8.77. The highest BCUT2D eigenvalue weighted by Gasteiger charge is 2.22. The van der Waals surface area contributed by atoms with E-state index in [2.05, 4.69) is 52.9 Å². The van der Waals surface area contributed by atoms with Gasteiger partial charge < -0.3 is 5.32 Å². The molecular weight excluding hydrogens is 340 g/mol. The van der Waals surface area contributed by atoms with Gasteiger partial charge in [-0.15, -0.1) is 0 Å². The van der Waals surface area contributed by atoms with E-state index in [0.29, 0.717) is 16.8 Å². The van der Waals surface area contributed by atoms with Crippen LogP contribution in [0, 0.1) is 0 Å². The van der Waals surface area contributed by atoms with Gasteiger partial charge >= 0.3 is 0 Å². The molecule has 0 heterocycles. The molecule has 2 rings (SSSR count). The Balaban J connectivity index is 2.33. The number of hydroxylamine groups is 1. The maximum Gasteiger partial charge on any atom is 0.274 e. The molecule has 5 nitrogen and oxygen atoms in total. The molecule has 0 aromatic heterocycles. The molecule has 0 radical (unpaired) electrons. The zero-order chi connectivity index (χ0) is 20.4. The molecule has 0 aliphatic carbocycles. The van der Waals surface area contributed by atoms with Crippen LogP contribution in [-0.4, -0.2) is 17.0 Å². The largest absolute Gasteiger partial charge is 0.322 e. The summed E-state index contributed by atoms with van der Waals surface area (Å²) in [5.41, 5.74) is 5.13. The first-order chi connectivity index (χ1) is 12.4. The van der Waals surface area contributed by atoms with E-state index in [1.165, 1.54) is 12.1 Å². The van der Waals surface area contributed by atoms with Gasteiger partial charge in [-0.2, -0.15) is 0 Å². The van der Waals surface area contributed by atoms with Crippen LogP contribution in [0.15, 0.2) is 42.5 Å². The topological polar surface area (TPSA) is 78.4 Å². The number of benzene rings is 2. The lowest BCUT2D eigenvalue weighted by Gasteiger charge is -2.26. The number of nitrogens with one attached hydrogen (secondary N) is 2. The first-order valence-electron chi connectivity index (χ1n) is 8.94. The van der Waals surface area contributed by atoms with Gasteiger partial charge in [-0.25, -0.2) is 5.48 Å². The van der Waals surface area contributed by atoms with Crippen molar-refractivity contribution < 1.29 is 14.8 Å². The predicted octanol–water partition coefficient (Wildman–Crippen LogP) is 4.65. The van der Waals surface area contributed by atoms with Crippen molar-refractivity contribution in [2.75, 3.05) is 5.32 Å². The lowest BCUT2D eigenvalue weighted by molar-refractivity contribution is 0.0706. The number of anilines is 1. The molecule has 0 bridgehead atoms. The van der Waals surface area contributed by atoms with Crippen LogP contribution in [0.5, 0.6) is 0 Å². The van der Waals surface area contributed by atoms with Gasteiger partial charge in [-0.05, 0) is 58.4 Å². The van der Waals surface area contributed by atoms with Gasteiger partial charge in [0, 0.05) is 16.8 Å². The summed E-state index contributed by atoms with van der Waals surface area (Å²) in [5, 5.41) is 11.5. The molecule has 27 heavy (non-hydrogen) atoms. The van der Waals surface area contributed by atoms with Crippen LogP contribution in [-0.2, 0) is 10.8 Å². The maximum atomic E-state index is 12.8. The normalized spacial score (nSPS) is 11.8. The monoisotopic (exact) mass is 368 g/mol. The Labute approximate surface area is 160 Å². The number of carbonyl (C=O) groups is 2. The number of hydrogen-bond acceptors (Lipinski definition) is 3. The second-order valence-corrected chi connectivity index (χ2v) is 8.77. The zero-order valence-electron chi connectivity index (χ0n) is 16.8. The molecular formula is C22H28N2O3. The molecule has 0 saturated heterocycles. The van der Waals surface area contributed by atoms with Crippen molar-refractivity contribution in [1.29, 1.82) is 0 Å². The van der Waals surface area contributed by atoms with Crippen molar-refractivity contribution >= 4 is 17.5 Å². The summed E-state index contributed by atoms with van der Waals surface area (Å²) in [6.07, 6.45) is 0. The van der Waals surface area contributed by atoms with Gasteiger partial charge in [0.05, 0.1) is 0 Å².